The zero-order valence-corrected chi connectivity index (χ0v) is 11.1. The molecule has 1 saturated carbocycles. The van der Waals surface area contributed by atoms with Crippen LogP contribution in [0.2, 0.25) is 0 Å². The van der Waals surface area contributed by atoms with E-state index in [1.165, 1.54) is 12.8 Å². The van der Waals surface area contributed by atoms with Gasteiger partial charge in [-0.05, 0) is 32.2 Å². The summed E-state index contributed by atoms with van der Waals surface area (Å²) in [5.74, 6) is -0.0419. The average Bonchev–Trinajstić information content (AvgIpc) is 3.08. The number of nitrogens with zero attached hydrogens (tertiary/aromatic N) is 1. The highest BCUT2D eigenvalue weighted by Gasteiger charge is 2.53. The summed E-state index contributed by atoms with van der Waals surface area (Å²) in [7, 11) is 0. The minimum atomic E-state index is -0.0648. The van der Waals surface area contributed by atoms with Crippen LogP contribution in [0, 0.1) is 11.3 Å². The van der Waals surface area contributed by atoms with Crippen LogP contribution in [0.15, 0.2) is 0 Å². The van der Waals surface area contributed by atoms with Gasteiger partial charge in [0.05, 0.1) is 0 Å². The topological polar surface area (TPSA) is 49.4 Å². The van der Waals surface area contributed by atoms with E-state index < -0.39 is 0 Å². The minimum absolute atomic E-state index is 0.0225. The summed E-state index contributed by atoms with van der Waals surface area (Å²) < 4.78 is 0. The van der Waals surface area contributed by atoms with Gasteiger partial charge in [0.25, 0.3) is 0 Å². The molecule has 3 rings (SSSR count). The smallest absolute Gasteiger partial charge is 0.230 e. The van der Waals surface area contributed by atoms with E-state index in [9.17, 15) is 9.59 Å². The van der Waals surface area contributed by atoms with Crippen LogP contribution in [0.3, 0.4) is 0 Å². The number of imide groups is 1. The predicted octanol–water partition coefficient (Wildman–Crippen LogP) is 1.30. The zero-order chi connectivity index (χ0) is 12.8. The largest absolute Gasteiger partial charge is 0.300 e. The Labute approximate surface area is 108 Å². The van der Waals surface area contributed by atoms with Crippen molar-refractivity contribution in [3.8, 4) is 0 Å². The summed E-state index contributed by atoms with van der Waals surface area (Å²) in [5, 5.41) is 2.53. The van der Waals surface area contributed by atoms with Crippen molar-refractivity contribution in [2.24, 2.45) is 11.3 Å². The van der Waals surface area contributed by atoms with Gasteiger partial charge >= 0.3 is 0 Å². The molecule has 2 amide bonds. The maximum atomic E-state index is 12.1. The fourth-order valence-corrected chi connectivity index (χ4v) is 3.82. The van der Waals surface area contributed by atoms with E-state index in [1.54, 1.807) is 0 Å². The second-order valence-corrected chi connectivity index (χ2v) is 6.24. The van der Waals surface area contributed by atoms with Crippen molar-refractivity contribution in [3.05, 3.63) is 0 Å². The highest BCUT2D eigenvalue weighted by molar-refractivity contribution is 5.99. The Morgan fingerprint density at radius 3 is 2.83 bits per heavy atom. The van der Waals surface area contributed by atoms with Crippen molar-refractivity contribution < 1.29 is 9.59 Å². The van der Waals surface area contributed by atoms with Crippen LogP contribution in [0.5, 0.6) is 0 Å². The van der Waals surface area contributed by atoms with Gasteiger partial charge in [0, 0.05) is 30.3 Å². The highest BCUT2D eigenvalue weighted by Crippen LogP contribution is 2.47. The van der Waals surface area contributed by atoms with Crippen LogP contribution in [-0.4, -0.2) is 35.8 Å². The fraction of sp³-hybridized carbons (Fsp3) is 0.857. The SMILES string of the molecule is CCCC1C(=O)NC(=O)CC12CCN(C1CC1)C2. The maximum absolute atomic E-state index is 12.1. The molecule has 3 aliphatic rings. The molecule has 1 N–H and O–H groups in total. The number of amides is 2. The molecule has 2 aliphatic heterocycles. The standard InChI is InChI=1S/C14H22N2O2/c1-2-3-11-13(18)15-12(17)8-14(11)6-7-16(9-14)10-4-5-10/h10-11H,2-9H2,1H3,(H,15,17,18). The first-order chi connectivity index (χ1) is 8.64. The lowest BCUT2D eigenvalue weighted by atomic mass is 9.67. The van der Waals surface area contributed by atoms with Gasteiger partial charge in [-0.15, -0.1) is 0 Å². The zero-order valence-electron chi connectivity index (χ0n) is 11.1. The van der Waals surface area contributed by atoms with Crippen molar-refractivity contribution in [2.75, 3.05) is 13.1 Å². The van der Waals surface area contributed by atoms with E-state index in [-0.39, 0.29) is 23.1 Å². The Bertz CT molecular complexity index is 378. The fourth-order valence-electron chi connectivity index (χ4n) is 3.82. The van der Waals surface area contributed by atoms with Crippen molar-refractivity contribution in [1.82, 2.24) is 10.2 Å². The average molecular weight is 250 g/mol. The third kappa shape index (κ3) is 1.96. The molecule has 3 fully saturated rings. The van der Waals surface area contributed by atoms with E-state index in [0.717, 1.165) is 38.4 Å². The molecule has 2 saturated heterocycles. The molecule has 0 aromatic carbocycles. The monoisotopic (exact) mass is 250 g/mol. The van der Waals surface area contributed by atoms with Crippen LogP contribution < -0.4 is 5.32 Å². The van der Waals surface area contributed by atoms with Gasteiger partial charge < -0.3 is 0 Å². The summed E-state index contributed by atoms with van der Waals surface area (Å²) in [4.78, 5) is 26.3. The number of rotatable bonds is 3. The lowest BCUT2D eigenvalue weighted by Gasteiger charge is -2.39. The minimum Gasteiger partial charge on any atom is -0.300 e. The summed E-state index contributed by atoms with van der Waals surface area (Å²) >= 11 is 0. The number of carbonyl (C=O) groups is 2. The summed E-state index contributed by atoms with van der Waals surface area (Å²) in [6, 6.07) is 0.742. The van der Waals surface area contributed by atoms with Gasteiger partial charge in [-0.3, -0.25) is 19.8 Å². The summed E-state index contributed by atoms with van der Waals surface area (Å²) in [6.07, 6.45) is 6.10. The molecule has 0 aromatic rings. The van der Waals surface area contributed by atoms with Crippen molar-refractivity contribution >= 4 is 11.8 Å². The normalized spacial score (nSPS) is 37.3. The Kier molecular flexibility index (Phi) is 2.93. The molecule has 2 unspecified atom stereocenters. The number of carbonyl (C=O) groups excluding carboxylic acids is 2. The number of hydrogen-bond acceptors (Lipinski definition) is 3. The quantitative estimate of drug-likeness (QED) is 0.768. The molecule has 100 valence electrons. The molecular weight excluding hydrogens is 228 g/mol. The molecule has 4 heteroatoms. The predicted molar refractivity (Wildman–Crippen MR) is 67.8 cm³/mol. The van der Waals surface area contributed by atoms with Crippen molar-refractivity contribution in [1.29, 1.82) is 0 Å². The van der Waals surface area contributed by atoms with Crippen LogP contribution in [0.25, 0.3) is 0 Å². The molecular formula is C14H22N2O2. The van der Waals surface area contributed by atoms with E-state index in [0.29, 0.717) is 6.42 Å². The molecule has 1 aliphatic carbocycles. The Morgan fingerprint density at radius 1 is 1.39 bits per heavy atom. The second-order valence-electron chi connectivity index (χ2n) is 6.24. The Hall–Kier alpha value is -0.900. The van der Waals surface area contributed by atoms with E-state index >= 15 is 0 Å². The number of nitrogens with one attached hydrogen (secondary N) is 1. The molecule has 0 bridgehead atoms. The lowest BCUT2D eigenvalue weighted by molar-refractivity contribution is -0.143. The Balaban J connectivity index is 1.81. The van der Waals surface area contributed by atoms with Crippen LogP contribution in [0.1, 0.15) is 45.4 Å². The van der Waals surface area contributed by atoms with Crippen molar-refractivity contribution in [3.63, 3.8) is 0 Å². The molecule has 18 heavy (non-hydrogen) atoms. The van der Waals surface area contributed by atoms with E-state index in [4.69, 9.17) is 0 Å². The van der Waals surface area contributed by atoms with Gasteiger partial charge in [0.15, 0.2) is 0 Å². The molecule has 0 radical (unpaired) electrons. The highest BCUT2D eigenvalue weighted by atomic mass is 16.2. The molecule has 0 aromatic heterocycles. The third-order valence-corrected chi connectivity index (χ3v) is 4.89. The first-order valence-corrected chi connectivity index (χ1v) is 7.22. The van der Waals surface area contributed by atoms with Gasteiger partial charge in [-0.2, -0.15) is 0 Å². The molecule has 2 heterocycles. The first kappa shape index (κ1) is 12.2. The summed E-state index contributed by atoms with van der Waals surface area (Å²) in [5.41, 5.74) is -0.0575. The van der Waals surface area contributed by atoms with Crippen molar-refractivity contribution in [2.45, 2.75) is 51.5 Å². The van der Waals surface area contributed by atoms with Crippen LogP contribution in [-0.2, 0) is 9.59 Å². The molecule has 1 spiro atoms. The molecule has 2 atom stereocenters. The molecule has 4 nitrogen and oxygen atoms in total. The van der Waals surface area contributed by atoms with Crippen LogP contribution in [0.4, 0.5) is 0 Å². The number of hydrogen-bond donors (Lipinski definition) is 1. The van der Waals surface area contributed by atoms with E-state index in [2.05, 4.69) is 17.1 Å². The number of piperidine rings is 1. The maximum Gasteiger partial charge on any atom is 0.230 e. The third-order valence-electron chi connectivity index (χ3n) is 4.89. The summed E-state index contributed by atoms with van der Waals surface area (Å²) in [6.45, 7) is 4.15. The second kappa shape index (κ2) is 4.34. The van der Waals surface area contributed by atoms with Gasteiger partial charge in [0.2, 0.25) is 11.8 Å². The number of likely N-dealkylation sites (tertiary alicyclic amines) is 1. The Morgan fingerprint density at radius 2 is 2.17 bits per heavy atom. The van der Waals surface area contributed by atoms with Crippen LogP contribution >= 0.6 is 0 Å². The van der Waals surface area contributed by atoms with Gasteiger partial charge in [0.1, 0.15) is 0 Å². The van der Waals surface area contributed by atoms with E-state index in [1.807, 2.05) is 0 Å². The lowest BCUT2D eigenvalue weighted by Crippen LogP contribution is -2.53. The first-order valence-electron chi connectivity index (χ1n) is 7.22. The van der Waals surface area contributed by atoms with Gasteiger partial charge in [-0.1, -0.05) is 13.3 Å². The van der Waals surface area contributed by atoms with Gasteiger partial charge in [-0.25, -0.2) is 0 Å².